The zero-order chi connectivity index (χ0) is 22.3. The molecule has 0 saturated carbocycles. The van der Waals surface area contributed by atoms with Gasteiger partial charge in [0.05, 0.1) is 6.20 Å². The van der Waals surface area contributed by atoms with Gasteiger partial charge < -0.3 is 14.7 Å². The highest BCUT2D eigenvalue weighted by atomic mass is 19.1. The molecule has 3 aliphatic heterocycles. The molecule has 1 unspecified atom stereocenters. The Morgan fingerprint density at radius 3 is 2.75 bits per heavy atom. The number of amides is 2. The van der Waals surface area contributed by atoms with Gasteiger partial charge >= 0.3 is 6.03 Å². The van der Waals surface area contributed by atoms with E-state index in [1.807, 2.05) is 11.1 Å². The molecule has 8 heteroatoms. The van der Waals surface area contributed by atoms with E-state index in [2.05, 4.69) is 19.8 Å². The Kier molecular flexibility index (Phi) is 5.49. The molecule has 4 heterocycles. The molecule has 0 radical (unpaired) electrons. The molecule has 1 spiro atoms. The molecular formula is C24H31FN6O. The summed E-state index contributed by atoms with van der Waals surface area (Å²) in [5, 5.41) is 0. The highest BCUT2D eigenvalue weighted by Gasteiger charge is 2.47. The van der Waals surface area contributed by atoms with Crippen LogP contribution in [0.25, 0.3) is 0 Å². The second-order valence-corrected chi connectivity index (χ2v) is 9.67. The van der Waals surface area contributed by atoms with Gasteiger partial charge in [-0.25, -0.2) is 14.2 Å². The highest BCUT2D eigenvalue weighted by molar-refractivity contribution is 5.95. The summed E-state index contributed by atoms with van der Waals surface area (Å²) in [6.45, 7) is 5.70. The predicted octanol–water partition coefficient (Wildman–Crippen LogP) is 2.98. The number of hydrogen-bond acceptors (Lipinski definition) is 5. The first kappa shape index (κ1) is 21.1. The van der Waals surface area contributed by atoms with Gasteiger partial charge in [0.2, 0.25) is 0 Å². The van der Waals surface area contributed by atoms with Gasteiger partial charge in [0.25, 0.3) is 0 Å². The van der Waals surface area contributed by atoms with Crippen LogP contribution >= 0.6 is 0 Å². The molecule has 5 rings (SSSR count). The van der Waals surface area contributed by atoms with E-state index in [0.29, 0.717) is 12.5 Å². The molecule has 0 N–H and O–H groups in total. The minimum atomic E-state index is -0.222. The highest BCUT2D eigenvalue weighted by Crippen LogP contribution is 2.47. The summed E-state index contributed by atoms with van der Waals surface area (Å²) in [6, 6.07) is 4.86. The quantitative estimate of drug-likeness (QED) is 0.738. The van der Waals surface area contributed by atoms with Crippen LogP contribution in [-0.2, 0) is 5.41 Å². The molecule has 170 valence electrons. The lowest BCUT2D eigenvalue weighted by atomic mass is 9.74. The Hall–Kier alpha value is -2.74. The van der Waals surface area contributed by atoms with Crippen LogP contribution in [0.4, 0.5) is 20.7 Å². The number of nitrogens with zero attached hydrogens (tertiary/aromatic N) is 6. The number of urea groups is 1. The van der Waals surface area contributed by atoms with Crippen LogP contribution in [0.5, 0.6) is 0 Å². The largest absolute Gasteiger partial charge is 0.355 e. The number of likely N-dealkylation sites (tertiary alicyclic amines) is 1. The van der Waals surface area contributed by atoms with Crippen LogP contribution in [0.2, 0.25) is 0 Å². The monoisotopic (exact) mass is 438 g/mol. The van der Waals surface area contributed by atoms with E-state index in [0.717, 1.165) is 69.1 Å². The smallest absolute Gasteiger partial charge is 0.323 e. The molecule has 2 fully saturated rings. The molecule has 7 nitrogen and oxygen atoms in total. The molecule has 2 aromatic rings. The first-order chi connectivity index (χ1) is 15.4. The van der Waals surface area contributed by atoms with E-state index < -0.39 is 0 Å². The lowest BCUT2D eigenvalue weighted by Crippen LogP contribution is -2.48. The summed E-state index contributed by atoms with van der Waals surface area (Å²) in [6.07, 6.45) is 8.35. The van der Waals surface area contributed by atoms with E-state index >= 15 is 0 Å². The van der Waals surface area contributed by atoms with Crippen molar-refractivity contribution in [3.63, 3.8) is 0 Å². The van der Waals surface area contributed by atoms with Crippen LogP contribution in [0, 0.1) is 11.7 Å². The Bertz CT molecular complexity index is 976. The first-order valence-electron chi connectivity index (χ1n) is 11.5. The molecule has 1 aromatic carbocycles. The third kappa shape index (κ3) is 3.81. The Labute approximate surface area is 188 Å². The number of rotatable bonds is 3. The summed E-state index contributed by atoms with van der Waals surface area (Å²) < 4.78 is 14.2. The fourth-order valence-electron chi connectivity index (χ4n) is 5.65. The minimum absolute atomic E-state index is 0.0350. The maximum atomic E-state index is 14.2. The van der Waals surface area contributed by atoms with Gasteiger partial charge in [0.1, 0.15) is 11.6 Å². The topological polar surface area (TPSA) is 55.8 Å². The summed E-state index contributed by atoms with van der Waals surface area (Å²) in [5.74, 6) is 1.36. The summed E-state index contributed by atoms with van der Waals surface area (Å²) in [5.41, 5.74) is 1.72. The fourth-order valence-corrected chi connectivity index (χ4v) is 5.65. The number of aromatic nitrogens is 2. The number of halogens is 1. The summed E-state index contributed by atoms with van der Waals surface area (Å²) in [7, 11) is 3.54. The van der Waals surface area contributed by atoms with E-state index in [4.69, 9.17) is 0 Å². The van der Waals surface area contributed by atoms with Gasteiger partial charge in [-0.3, -0.25) is 9.88 Å². The number of piperidine rings is 1. The minimum Gasteiger partial charge on any atom is -0.355 e. The van der Waals surface area contributed by atoms with Gasteiger partial charge in [-0.05, 0) is 62.0 Å². The summed E-state index contributed by atoms with van der Waals surface area (Å²) >= 11 is 0. The molecule has 1 atom stereocenters. The van der Waals surface area contributed by atoms with Gasteiger partial charge in [0.15, 0.2) is 0 Å². The zero-order valence-electron chi connectivity index (χ0n) is 18.9. The molecule has 32 heavy (non-hydrogen) atoms. The molecule has 2 saturated heterocycles. The van der Waals surface area contributed by atoms with Gasteiger partial charge in [-0.15, -0.1) is 0 Å². The van der Waals surface area contributed by atoms with Crippen LogP contribution in [-0.4, -0.2) is 79.2 Å². The van der Waals surface area contributed by atoms with Crippen molar-refractivity contribution >= 4 is 17.5 Å². The number of hydrogen-bond donors (Lipinski definition) is 0. The number of carbonyl (C=O) groups is 1. The first-order valence-corrected chi connectivity index (χ1v) is 11.5. The van der Waals surface area contributed by atoms with E-state index in [-0.39, 0.29) is 17.3 Å². The molecular weight excluding hydrogens is 407 g/mol. The third-order valence-corrected chi connectivity index (χ3v) is 7.38. The SMILES string of the molecule is CN(C)C(=O)N1CC2(CCN(CC3CCN(c4cnccn4)C3)CC2)c2cc(F)ccc21. The fraction of sp³-hybridized carbons (Fsp3) is 0.542. The maximum Gasteiger partial charge on any atom is 0.323 e. The van der Waals surface area contributed by atoms with Gasteiger partial charge in [-0.2, -0.15) is 0 Å². The van der Waals surface area contributed by atoms with Gasteiger partial charge in [0, 0.05) is 63.8 Å². The second kappa shape index (κ2) is 8.31. The molecule has 0 bridgehead atoms. The van der Waals surface area contributed by atoms with Crippen LogP contribution in [0.1, 0.15) is 24.8 Å². The number of fused-ring (bicyclic) bond motifs is 2. The number of anilines is 2. The predicted molar refractivity (Wildman–Crippen MR) is 123 cm³/mol. The average Bonchev–Trinajstić information content (AvgIpc) is 3.39. The van der Waals surface area contributed by atoms with Crippen LogP contribution < -0.4 is 9.80 Å². The van der Waals surface area contributed by atoms with Crippen molar-refractivity contribution in [3.8, 4) is 0 Å². The lowest BCUT2D eigenvalue weighted by Gasteiger charge is -2.40. The zero-order valence-corrected chi connectivity index (χ0v) is 18.9. The molecule has 2 amide bonds. The maximum absolute atomic E-state index is 14.2. The normalized spacial score (nSPS) is 22.4. The van der Waals surface area contributed by atoms with Crippen molar-refractivity contribution in [1.82, 2.24) is 19.8 Å². The van der Waals surface area contributed by atoms with E-state index in [9.17, 15) is 9.18 Å². The van der Waals surface area contributed by atoms with Crippen LogP contribution in [0.15, 0.2) is 36.8 Å². The molecule has 0 aliphatic carbocycles. The van der Waals surface area contributed by atoms with Crippen molar-refractivity contribution < 1.29 is 9.18 Å². The molecule has 1 aromatic heterocycles. The van der Waals surface area contributed by atoms with E-state index in [1.54, 1.807) is 43.5 Å². The van der Waals surface area contributed by atoms with Crippen molar-refractivity contribution in [2.75, 3.05) is 63.2 Å². The van der Waals surface area contributed by atoms with Crippen molar-refractivity contribution in [2.45, 2.75) is 24.7 Å². The second-order valence-electron chi connectivity index (χ2n) is 9.67. The lowest BCUT2D eigenvalue weighted by molar-refractivity contribution is 0.148. The van der Waals surface area contributed by atoms with Gasteiger partial charge in [-0.1, -0.05) is 0 Å². The Morgan fingerprint density at radius 1 is 1.22 bits per heavy atom. The standard InChI is InChI=1S/C24H31FN6O/c1-28(2)23(32)31-17-24(20-13-19(25)3-4-21(20)31)6-11-29(12-7-24)15-18-5-10-30(16-18)22-14-26-8-9-27-22/h3-4,8-9,13-14,18H,5-7,10-12,15-17H2,1-2H3. The molecule has 3 aliphatic rings. The Balaban J connectivity index is 1.24. The number of benzene rings is 1. The van der Waals surface area contributed by atoms with Crippen molar-refractivity contribution in [3.05, 3.63) is 48.2 Å². The Morgan fingerprint density at radius 2 is 2.03 bits per heavy atom. The van der Waals surface area contributed by atoms with E-state index in [1.165, 1.54) is 6.07 Å². The number of carbonyl (C=O) groups excluding carboxylic acids is 1. The van der Waals surface area contributed by atoms with Crippen LogP contribution in [0.3, 0.4) is 0 Å². The average molecular weight is 439 g/mol. The van der Waals surface area contributed by atoms with Crippen molar-refractivity contribution in [1.29, 1.82) is 0 Å². The van der Waals surface area contributed by atoms with Crippen molar-refractivity contribution in [2.24, 2.45) is 5.92 Å². The third-order valence-electron chi connectivity index (χ3n) is 7.38. The summed E-state index contributed by atoms with van der Waals surface area (Å²) in [4.78, 5) is 29.7.